The molecule has 5 nitrogen and oxygen atoms in total. The molecule has 118 valence electrons. The molecule has 0 bridgehead atoms. The van der Waals surface area contributed by atoms with Gasteiger partial charge in [0.25, 0.3) is 0 Å². The van der Waals surface area contributed by atoms with Crippen molar-refractivity contribution in [1.29, 1.82) is 0 Å². The van der Waals surface area contributed by atoms with Gasteiger partial charge in [-0.05, 0) is 45.9 Å². The number of carbonyl (C=O) groups excluding carboxylic acids is 1. The minimum Gasteiger partial charge on any atom is -0.350 e. The lowest BCUT2D eigenvalue weighted by molar-refractivity contribution is -0.123. The van der Waals surface area contributed by atoms with Crippen molar-refractivity contribution in [3.8, 4) is 0 Å². The molecule has 0 fully saturated rings. The molecule has 0 aliphatic carbocycles. The highest BCUT2D eigenvalue weighted by Crippen LogP contribution is 2.20. The summed E-state index contributed by atoms with van der Waals surface area (Å²) < 4.78 is 0. The minimum atomic E-state index is -0.337. The Morgan fingerprint density at radius 1 is 1.36 bits per heavy atom. The van der Waals surface area contributed by atoms with Gasteiger partial charge < -0.3 is 10.2 Å². The predicted molar refractivity (Wildman–Crippen MR) is 90.3 cm³/mol. The van der Waals surface area contributed by atoms with E-state index in [0.29, 0.717) is 16.5 Å². The van der Waals surface area contributed by atoms with E-state index in [0.717, 1.165) is 5.39 Å². The second kappa shape index (κ2) is 6.08. The average molecular weight is 321 g/mol. The number of likely N-dealkylation sites (N-methyl/N-ethyl adjacent to an activating group) is 1. The van der Waals surface area contributed by atoms with Gasteiger partial charge in [0.1, 0.15) is 11.9 Å². The third-order valence-corrected chi connectivity index (χ3v) is 3.52. The predicted octanol–water partition coefficient (Wildman–Crippen LogP) is 3.02. The maximum atomic E-state index is 12.3. The van der Waals surface area contributed by atoms with Gasteiger partial charge in [0.15, 0.2) is 5.65 Å². The van der Waals surface area contributed by atoms with E-state index < -0.39 is 0 Å². The Labute approximate surface area is 135 Å². The van der Waals surface area contributed by atoms with Crippen LogP contribution < -0.4 is 10.2 Å². The van der Waals surface area contributed by atoms with Crippen molar-refractivity contribution in [2.45, 2.75) is 39.3 Å². The number of pyridine rings is 2. The zero-order chi connectivity index (χ0) is 16.5. The number of amides is 1. The molecule has 0 spiro atoms. The zero-order valence-corrected chi connectivity index (χ0v) is 14.3. The summed E-state index contributed by atoms with van der Waals surface area (Å²) in [6.07, 6.45) is 1.57. The molecule has 2 aromatic heterocycles. The fourth-order valence-corrected chi connectivity index (χ4v) is 2.18. The Balaban J connectivity index is 2.23. The van der Waals surface area contributed by atoms with Gasteiger partial charge in [-0.1, -0.05) is 11.6 Å². The van der Waals surface area contributed by atoms with Crippen LogP contribution in [0.15, 0.2) is 24.4 Å². The molecule has 1 atom stereocenters. The van der Waals surface area contributed by atoms with E-state index in [1.165, 1.54) is 0 Å². The van der Waals surface area contributed by atoms with E-state index in [4.69, 9.17) is 11.6 Å². The Kier molecular flexibility index (Phi) is 4.56. The lowest BCUT2D eigenvalue weighted by Gasteiger charge is -2.29. The van der Waals surface area contributed by atoms with Crippen LogP contribution in [0.3, 0.4) is 0 Å². The third-order valence-electron chi connectivity index (χ3n) is 3.31. The van der Waals surface area contributed by atoms with Gasteiger partial charge in [-0.3, -0.25) is 4.79 Å². The maximum Gasteiger partial charge on any atom is 0.242 e. The molecule has 0 saturated carbocycles. The Hall–Kier alpha value is -1.88. The summed E-state index contributed by atoms with van der Waals surface area (Å²) in [6, 6.07) is 5.25. The van der Waals surface area contributed by atoms with Gasteiger partial charge >= 0.3 is 0 Å². The van der Waals surface area contributed by atoms with Crippen molar-refractivity contribution in [2.24, 2.45) is 0 Å². The van der Waals surface area contributed by atoms with E-state index in [1.807, 2.05) is 57.8 Å². The Bertz CT molecular complexity index is 696. The number of aromatic nitrogens is 2. The van der Waals surface area contributed by atoms with Crippen LogP contribution in [0, 0.1) is 0 Å². The highest BCUT2D eigenvalue weighted by molar-refractivity contribution is 6.31. The van der Waals surface area contributed by atoms with Crippen LogP contribution >= 0.6 is 11.6 Å². The van der Waals surface area contributed by atoms with Crippen LogP contribution in [0.1, 0.15) is 27.7 Å². The molecule has 0 radical (unpaired) electrons. The number of nitrogens with one attached hydrogen (secondary N) is 1. The average Bonchev–Trinajstić information content (AvgIpc) is 2.43. The second-order valence-electron chi connectivity index (χ2n) is 6.40. The molecule has 6 heteroatoms. The normalized spacial score (nSPS) is 13.0. The fraction of sp³-hybridized carbons (Fsp3) is 0.438. The van der Waals surface area contributed by atoms with Gasteiger partial charge in [0, 0.05) is 24.2 Å². The van der Waals surface area contributed by atoms with Crippen molar-refractivity contribution < 1.29 is 4.79 Å². The number of rotatable bonds is 3. The molecular formula is C16H21ClN4O. The minimum absolute atomic E-state index is 0.0408. The Morgan fingerprint density at radius 2 is 2.05 bits per heavy atom. The maximum absolute atomic E-state index is 12.3. The monoisotopic (exact) mass is 320 g/mol. The van der Waals surface area contributed by atoms with Crippen molar-refractivity contribution >= 4 is 34.4 Å². The third kappa shape index (κ3) is 3.85. The first-order chi connectivity index (χ1) is 10.2. The van der Waals surface area contributed by atoms with E-state index in [-0.39, 0.29) is 17.5 Å². The van der Waals surface area contributed by atoms with Crippen molar-refractivity contribution in [3.05, 3.63) is 29.4 Å². The van der Waals surface area contributed by atoms with Crippen molar-refractivity contribution in [3.63, 3.8) is 0 Å². The van der Waals surface area contributed by atoms with Gasteiger partial charge in [-0.15, -0.1) is 0 Å². The fourth-order valence-electron chi connectivity index (χ4n) is 2.02. The molecule has 0 aliphatic rings. The van der Waals surface area contributed by atoms with Crippen LogP contribution in [0.4, 0.5) is 5.82 Å². The molecule has 0 aliphatic heterocycles. The van der Waals surface area contributed by atoms with Crippen molar-refractivity contribution in [2.75, 3.05) is 11.9 Å². The van der Waals surface area contributed by atoms with Gasteiger partial charge in [0.2, 0.25) is 5.91 Å². The summed E-state index contributed by atoms with van der Waals surface area (Å²) in [4.78, 5) is 22.8. The van der Waals surface area contributed by atoms with E-state index in [9.17, 15) is 4.79 Å². The van der Waals surface area contributed by atoms with Crippen LogP contribution in [0.5, 0.6) is 0 Å². The Morgan fingerprint density at radius 3 is 2.68 bits per heavy atom. The lowest BCUT2D eigenvalue weighted by Crippen LogP contribution is -2.50. The standard InChI is InChI=1S/C16H21ClN4O/c1-10(15(22)20-16(2,3)4)21(5)13-7-6-11-8-12(17)9-18-14(11)19-13/h6-10H,1-5H3,(H,20,22). The lowest BCUT2D eigenvalue weighted by atomic mass is 10.1. The van der Waals surface area contributed by atoms with Gasteiger partial charge in [-0.25, -0.2) is 9.97 Å². The van der Waals surface area contributed by atoms with Crippen LogP contribution in [-0.2, 0) is 4.79 Å². The smallest absolute Gasteiger partial charge is 0.242 e. The molecule has 0 aromatic carbocycles. The number of fused-ring (bicyclic) bond motifs is 1. The molecule has 1 amide bonds. The quantitative estimate of drug-likeness (QED) is 0.944. The number of hydrogen-bond acceptors (Lipinski definition) is 4. The molecule has 1 N–H and O–H groups in total. The topological polar surface area (TPSA) is 58.1 Å². The number of anilines is 1. The van der Waals surface area contributed by atoms with Gasteiger partial charge in [0.05, 0.1) is 5.02 Å². The summed E-state index contributed by atoms with van der Waals surface area (Å²) >= 11 is 5.92. The first-order valence-corrected chi connectivity index (χ1v) is 7.52. The molecule has 2 rings (SSSR count). The summed E-state index contributed by atoms with van der Waals surface area (Å²) in [5.41, 5.74) is 0.346. The SMILES string of the molecule is CC(C(=O)NC(C)(C)C)N(C)c1ccc2cc(Cl)cnc2n1. The van der Waals surface area contributed by atoms with Crippen LogP contribution in [-0.4, -0.2) is 34.5 Å². The molecule has 2 heterocycles. The molecule has 2 aromatic rings. The van der Waals surface area contributed by atoms with Crippen LogP contribution in [0.25, 0.3) is 11.0 Å². The summed E-state index contributed by atoms with van der Waals surface area (Å²) in [7, 11) is 1.84. The molecule has 0 saturated heterocycles. The second-order valence-corrected chi connectivity index (χ2v) is 6.83. The molecule has 1 unspecified atom stereocenters. The number of carbonyl (C=O) groups is 1. The van der Waals surface area contributed by atoms with Gasteiger partial charge in [-0.2, -0.15) is 0 Å². The highest BCUT2D eigenvalue weighted by Gasteiger charge is 2.23. The summed E-state index contributed by atoms with van der Waals surface area (Å²) in [5.74, 6) is 0.653. The van der Waals surface area contributed by atoms with E-state index >= 15 is 0 Å². The van der Waals surface area contributed by atoms with Crippen LogP contribution in [0.2, 0.25) is 5.02 Å². The number of hydrogen-bond donors (Lipinski definition) is 1. The van der Waals surface area contributed by atoms with Crippen molar-refractivity contribution in [1.82, 2.24) is 15.3 Å². The summed E-state index contributed by atoms with van der Waals surface area (Å²) in [6.45, 7) is 7.72. The number of halogens is 1. The summed E-state index contributed by atoms with van der Waals surface area (Å²) in [5, 5.41) is 4.42. The first kappa shape index (κ1) is 16.5. The zero-order valence-electron chi connectivity index (χ0n) is 13.5. The largest absolute Gasteiger partial charge is 0.350 e. The van der Waals surface area contributed by atoms with E-state index in [2.05, 4.69) is 15.3 Å². The number of nitrogens with zero attached hydrogens (tertiary/aromatic N) is 3. The first-order valence-electron chi connectivity index (χ1n) is 7.14. The molecule has 22 heavy (non-hydrogen) atoms. The molecular weight excluding hydrogens is 300 g/mol. The van der Waals surface area contributed by atoms with E-state index in [1.54, 1.807) is 6.20 Å². The highest BCUT2D eigenvalue weighted by atomic mass is 35.5.